The standard InChI is InChI=1S/C11H21N/c1-3-10-9-11(10)5-7-12(4-2)8-6-11/h10H,3-9H2,1-2H3. The third-order valence-corrected chi connectivity index (χ3v) is 4.15. The van der Waals surface area contributed by atoms with E-state index in [4.69, 9.17) is 0 Å². The molecule has 1 atom stereocenters. The maximum absolute atomic E-state index is 2.59. The van der Waals surface area contributed by atoms with Crippen molar-refractivity contribution in [2.45, 2.75) is 39.5 Å². The van der Waals surface area contributed by atoms with E-state index in [2.05, 4.69) is 18.7 Å². The SMILES string of the molecule is CCC1CC12CCN(CC)CC2. The molecule has 0 amide bonds. The van der Waals surface area contributed by atoms with E-state index in [1.54, 1.807) is 6.42 Å². The second-order valence-corrected chi connectivity index (χ2v) is 4.61. The van der Waals surface area contributed by atoms with Crippen LogP contribution in [0.1, 0.15) is 39.5 Å². The largest absolute Gasteiger partial charge is 0.304 e. The second-order valence-electron chi connectivity index (χ2n) is 4.61. The Bertz CT molecular complexity index is 156. The maximum atomic E-state index is 2.59. The van der Waals surface area contributed by atoms with Crippen LogP contribution in [-0.2, 0) is 0 Å². The summed E-state index contributed by atoms with van der Waals surface area (Å²) in [7, 11) is 0. The highest BCUT2D eigenvalue weighted by atomic mass is 15.1. The van der Waals surface area contributed by atoms with Gasteiger partial charge in [0.2, 0.25) is 0 Å². The van der Waals surface area contributed by atoms with Crippen molar-refractivity contribution in [2.24, 2.45) is 11.3 Å². The zero-order valence-corrected chi connectivity index (χ0v) is 8.47. The van der Waals surface area contributed by atoms with Gasteiger partial charge in [-0.15, -0.1) is 0 Å². The van der Waals surface area contributed by atoms with E-state index in [1.807, 2.05) is 0 Å². The number of hydrogen-bond donors (Lipinski definition) is 0. The Labute approximate surface area is 76.1 Å². The lowest BCUT2D eigenvalue weighted by atomic mass is 9.90. The van der Waals surface area contributed by atoms with Crippen molar-refractivity contribution in [3.05, 3.63) is 0 Å². The van der Waals surface area contributed by atoms with Crippen molar-refractivity contribution >= 4 is 0 Å². The molecule has 1 heteroatoms. The molecule has 1 saturated heterocycles. The van der Waals surface area contributed by atoms with E-state index in [1.165, 1.54) is 38.9 Å². The van der Waals surface area contributed by atoms with Crippen LogP contribution in [0.3, 0.4) is 0 Å². The first-order valence-electron chi connectivity index (χ1n) is 5.53. The lowest BCUT2D eigenvalue weighted by Crippen LogP contribution is -2.34. The minimum Gasteiger partial charge on any atom is -0.304 e. The van der Waals surface area contributed by atoms with E-state index in [-0.39, 0.29) is 0 Å². The van der Waals surface area contributed by atoms with Crippen LogP contribution < -0.4 is 0 Å². The van der Waals surface area contributed by atoms with Crippen LogP contribution >= 0.6 is 0 Å². The van der Waals surface area contributed by atoms with Gasteiger partial charge >= 0.3 is 0 Å². The number of nitrogens with zero attached hydrogens (tertiary/aromatic N) is 1. The third kappa shape index (κ3) is 1.28. The molecule has 1 nitrogen and oxygen atoms in total. The Morgan fingerprint density at radius 2 is 1.92 bits per heavy atom. The highest BCUT2D eigenvalue weighted by Gasteiger charge is 2.52. The first-order valence-corrected chi connectivity index (χ1v) is 5.53. The fourth-order valence-corrected chi connectivity index (χ4v) is 2.94. The first-order chi connectivity index (χ1) is 5.80. The van der Waals surface area contributed by atoms with Gasteiger partial charge in [0, 0.05) is 0 Å². The van der Waals surface area contributed by atoms with Crippen LogP contribution in [0.25, 0.3) is 0 Å². The van der Waals surface area contributed by atoms with Gasteiger partial charge in [-0.2, -0.15) is 0 Å². The lowest BCUT2D eigenvalue weighted by Gasteiger charge is -2.32. The summed E-state index contributed by atoms with van der Waals surface area (Å²) in [5.74, 6) is 1.09. The number of piperidine rings is 1. The molecular weight excluding hydrogens is 146 g/mol. The topological polar surface area (TPSA) is 3.24 Å². The molecular formula is C11H21N. The Hall–Kier alpha value is -0.0400. The lowest BCUT2D eigenvalue weighted by molar-refractivity contribution is 0.169. The molecule has 2 fully saturated rings. The Balaban J connectivity index is 1.84. The molecule has 1 spiro atoms. The average Bonchev–Trinajstić information content (AvgIpc) is 2.81. The molecule has 1 unspecified atom stereocenters. The molecule has 12 heavy (non-hydrogen) atoms. The van der Waals surface area contributed by atoms with Gasteiger partial charge < -0.3 is 4.90 Å². The zero-order valence-electron chi connectivity index (χ0n) is 8.47. The second kappa shape index (κ2) is 3.02. The van der Waals surface area contributed by atoms with Gasteiger partial charge in [-0.25, -0.2) is 0 Å². The highest BCUT2D eigenvalue weighted by Crippen LogP contribution is 2.60. The van der Waals surface area contributed by atoms with Crippen molar-refractivity contribution in [1.29, 1.82) is 0 Å². The van der Waals surface area contributed by atoms with Crippen molar-refractivity contribution in [1.82, 2.24) is 4.90 Å². The van der Waals surface area contributed by atoms with Crippen molar-refractivity contribution < 1.29 is 0 Å². The van der Waals surface area contributed by atoms with Gasteiger partial charge in [0.1, 0.15) is 0 Å². The summed E-state index contributed by atoms with van der Waals surface area (Å²) in [5.41, 5.74) is 0.834. The molecule has 1 heterocycles. The Kier molecular flexibility index (Phi) is 2.16. The van der Waals surface area contributed by atoms with Crippen LogP contribution in [0.15, 0.2) is 0 Å². The summed E-state index contributed by atoms with van der Waals surface area (Å²) in [5, 5.41) is 0. The number of likely N-dealkylation sites (tertiary alicyclic amines) is 1. The predicted octanol–water partition coefficient (Wildman–Crippen LogP) is 2.52. The number of rotatable bonds is 2. The van der Waals surface area contributed by atoms with Gasteiger partial charge in [0.25, 0.3) is 0 Å². The van der Waals surface area contributed by atoms with Gasteiger partial charge in [-0.05, 0) is 50.2 Å². The summed E-state index contributed by atoms with van der Waals surface area (Å²) in [6, 6.07) is 0. The van der Waals surface area contributed by atoms with Gasteiger partial charge in [0.15, 0.2) is 0 Å². The van der Waals surface area contributed by atoms with Crippen LogP contribution in [0.2, 0.25) is 0 Å². The average molecular weight is 167 g/mol. The molecule has 0 aromatic carbocycles. The molecule has 0 aromatic heterocycles. The Morgan fingerprint density at radius 1 is 1.25 bits per heavy atom. The minimum atomic E-state index is 0.834. The van der Waals surface area contributed by atoms with Gasteiger partial charge in [-0.3, -0.25) is 0 Å². The first kappa shape index (κ1) is 8.55. The van der Waals surface area contributed by atoms with E-state index in [9.17, 15) is 0 Å². The molecule has 0 bridgehead atoms. The van der Waals surface area contributed by atoms with Crippen LogP contribution in [0.4, 0.5) is 0 Å². The molecule has 1 aliphatic heterocycles. The summed E-state index contributed by atoms with van der Waals surface area (Å²) in [6.07, 6.45) is 5.94. The van der Waals surface area contributed by atoms with Crippen molar-refractivity contribution in [3.63, 3.8) is 0 Å². The predicted molar refractivity (Wildman–Crippen MR) is 52.2 cm³/mol. The summed E-state index contributed by atoms with van der Waals surface area (Å²) in [6.45, 7) is 8.63. The van der Waals surface area contributed by atoms with E-state index in [0.717, 1.165) is 11.3 Å². The Morgan fingerprint density at radius 3 is 2.33 bits per heavy atom. The van der Waals surface area contributed by atoms with Crippen molar-refractivity contribution in [3.8, 4) is 0 Å². The molecule has 0 aromatic rings. The summed E-state index contributed by atoms with van der Waals surface area (Å²) < 4.78 is 0. The third-order valence-electron chi connectivity index (χ3n) is 4.15. The zero-order chi connectivity index (χ0) is 8.60. The fraction of sp³-hybridized carbons (Fsp3) is 1.00. The highest BCUT2D eigenvalue weighted by molar-refractivity contribution is 5.03. The molecule has 0 radical (unpaired) electrons. The maximum Gasteiger partial charge on any atom is -0.00134 e. The monoisotopic (exact) mass is 167 g/mol. The molecule has 1 aliphatic carbocycles. The smallest absolute Gasteiger partial charge is 0.00134 e. The summed E-state index contributed by atoms with van der Waals surface area (Å²) >= 11 is 0. The van der Waals surface area contributed by atoms with E-state index < -0.39 is 0 Å². The molecule has 2 rings (SSSR count). The summed E-state index contributed by atoms with van der Waals surface area (Å²) in [4.78, 5) is 2.59. The molecule has 0 N–H and O–H groups in total. The van der Waals surface area contributed by atoms with Crippen LogP contribution in [-0.4, -0.2) is 24.5 Å². The van der Waals surface area contributed by atoms with Gasteiger partial charge in [-0.1, -0.05) is 20.3 Å². The molecule has 1 saturated carbocycles. The normalized spacial score (nSPS) is 34.0. The van der Waals surface area contributed by atoms with Crippen LogP contribution in [0, 0.1) is 11.3 Å². The van der Waals surface area contributed by atoms with E-state index >= 15 is 0 Å². The van der Waals surface area contributed by atoms with E-state index in [0.29, 0.717) is 0 Å². The fourth-order valence-electron chi connectivity index (χ4n) is 2.94. The van der Waals surface area contributed by atoms with Crippen molar-refractivity contribution in [2.75, 3.05) is 19.6 Å². The van der Waals surface area contributed by atoms with Gasteiger partial charge in [0.05, 0.1) is 0 Å². The number of hydrogen-bond acceptors (Lipinski definition) is 1. The molecule has 2 aliphatic rings. The quantitative estimate of drug-likeness (QED) is 0.611. The van der Waals surface area contributed by atoms with Crippen LogP contribution in [0.5, 0.6) is 0 Å². The molecule has 70 valence electrons. The minimum absolute atomic E-state index is 0.834.